The van der Waals surface area contributed by atoms with Gasteiger partial charge >= 0.3 is 0 Å². The van der Waals surface area contributed by atoms with E-state index in [-0.39, 0.29) is 5.54 Å². The molecule has 2 aliphatic rings. The second-order valence-corrected chi connectivity index (χ2v) is 5.41. The molecule has 0 radical (unpaired) electrons. The lowest BCUT2D eigenvalue weighted by molar-refractivity contribution is -0.0722. The van der Waals surface area contributed by atoms with Crippen molar-refractivity contribution >= 4 is 0 Å². The molecule has 3 heteroatoms. The van der Waals surface area contributed by atoms with Crippen molar-refractivity contribution in [3.63, 3.8) is 0 Å². The van der Waals surface area contributed by atoms with E-state index in [9.17, 15) is 0 Å². The standard InChI is InChI=1S/C12H24N2O/c1-12(2)10-15-8-7-14(12)11-5-3-4-6-13-9-11/h11,13H,3-10H2,1-2H3. The van der Waals surface area contributed by atoms with Crippen molar-refractivity contribution in [3.05, 3.63) is 0 Å². The lowest BCUT2D eigenvalue weighted by Gasteiger charge is -2.46. The molecule has 2 fully saturated rings. The topological polar surface area (TPSA) is 24.5 Å². The second kappa shape index (κ2) is 4.81. The first kappa shape index (κ1) is 11.4. The van der Waals surface area contributed by atoms with Gasteiger partial charge in [0.2, 0.25) is 0 Å². The third-order valence-electron chi connectivity index (χ3n) is 3.67. The van der Waals surface area contributed by atoms with Crippen LogP contribution in [0.4, 0.5) is 0 Å². The minimum atomic E-state index is 0.217. The number of hydrogen-bond acceptors (Lipinski definition) is 3. The maximum atomic E-state index is 5.57. The fourth-order valence-electron chi connectivity index (χ4n) is 2.81. The molecule has 0 amide bonds. The first-order valence-corrected chi connectivity index (χ1v) is 6.25. The Hall–Kier alpha value is -0.120. The first-order valence-electron chi connectivity index (χ1n) is 6.25. The number of rotatable bonds is 1. The third kappa shape index (κ3) is 2.71. The summed E-state index contributed by atoms with van der Waals surface area (Å²) in [6.07, 6.45) is 4.04. The van der Waals surface area contributed by atoms with E-state index < -0.39 is 0 Å². The lowest BCUT2D eigenvalue weighted by Crippen LogP contribution is -2.58. The molecular formula is C12H24N2O. The predicted molar refractivity (Wildman–Crippen MR) is 62.1 cm³/mol. The lowest BCUT2D eigenvalue weighted by atomic mass is 9.97. The number of hydrogen-bond donors (Lipinski definition) is 1. The van der Waals surface area contributed by atoms with E-state index >= 15 is 0 Å². The van der Waals surface area contributed by atoms with Gasteiger partial charge in [-0.3, -0.25) is 4.90 Å². The molecule has 0 aromatic heterocycles. The van der Waals surface area contributed by atoms with Gasteiger partial charge in [-0.25, -0.2) is 0 Å². The Morgan fingerprint density at radius 1 is 1.33 bits per heavy atom. The molecule has 2 aliphatic heterocycles. The van der Waals surface area contributed by atoms with E-state index in [1.807, 2.05) is 0 Å². The molecule has 1 unspecified atom stereocenters. The van der Waals surface area contributed by atoms with E-state index in [2.05, 4.69) is 24.1 Å². The summed E-state index contributed by atoms with van der Waals surface area (Å²) in [6, 6.07) is 0.714. The quantitative estimate of drug-likeness (QED) is 0.708. The Morgan fingerprint density at radius 3 is 3.00 bits per heavy atom. The molecule has 1 N–H and O–H groups in total. The molecule has 0 aliphatic carbocycles. The van der Waals surface area contributed by atoms with Crippen LogP contribution in [0.5, 0.6) is 0 Å². The molecule has 2 rings (SSSR count). The molecule has 0 saturated carbocycles. The van der Waals surface area contributed by atoms with Gasteiger partial charge in [-0.15, -0.1) is 0 Å². The summed E-state index contributed by atoms with van der Waals surface area (Å²) in [5.74, 6) is 0. The van der Waals surface area contributed by atoms with E-state index in [0.717, 1.165) is 26.3 Å². The number of nitrogens with one attached hydrogen (secondary N) is 1. The van der Waals surface area contributed by atoms with Crippen LogP contribution in [0.2, 0.25) is 0 Å². The Kier molecular flexibility index (Phi) is 3.65. The van der Waals surface area contributed by atoms with Crippen LogP contribution in [0, 0.1) is 0 Å². The Labute approximate surface area is 93.2 Å². The van der Waals surface area contributed by atoms with Gasteiger partial charge < -0.3 is 10.1 Å². The predicted octanol–water partition coefficient (Wildman–Crippen LogP) is 1.24. The summed E-state index contributed by atoms with van der Waals surface area (Å²) in [5, 5.41) is 3.55. The van der Waals surface area contributed by atoms with Gasteiger partial charge in [0.05, 0.1) is 13.2 Å². The Bertz CT molecular complexity index is 198. The summed E-state index contributed by atoms with van der Waals surface area (Å²) in [4.78, 5) is 2.65. The SMILES string of the molecule is CC1(C)COCCN1C1CCCCNC1. The van der Waals surface area contributed by atoms with Gasteiger partial charge in [0.25, 0.3) is 0 Å². The minimum absolute atomic E-state index is 0.217. The highest BCUT2D eigenvalue weighted by Crippen LogP contribution is 2.24. The van der Waals surface area contributed by atoms with Crippen molar-refractivity contribution in [2.75, 3.05) is 32.8 Å². The van der Waals surface area contributed by atoms with Gasteiger partial charge in [0.15, 0.2) is 0 Å². The van der Waals surface area contributed by atoms with Crippen LogP contribution in [-0.4, -0.2) is 49.3 Å². The van der Waals surface area contributed by atoms with E-state index in [1.54, 1.807) is 0 Å². The first-order chi connectivity index (χ1) is 7.20. The molecule has 1 atom stereocenters. The van der Waals surface area contributed by atoms with Gasteiger partial charge in [0, 0.05) is 24.7 Å². The fraction of sp³-hybridized carbons (Fsp3) is 1.00. The zero-order chi connectivity index (χ0) is 10.7. The van der Waals surface area contributed by atoms with E-state index in [4.69, 9.17) is 4.74 Å². The van der Waals surface area contributed by atoms with Gasteiger partial charge in [0.1, 0.15) is 0 Å². The van der Waals surface area contributed by atoms with Crippen LogP contribution < -0.4 is 5.32 Å². The summed E-state index contributed by atoms with van der Waals surface area (Å²) in [6.45, 7) is 9.83. The van der Waals surface area contributed by atoms with E-state index in [0.29, 0.717) is 6.04 Å². The number of nitrogens with zero attached hydrogens (tertiary/aromatic N) is 1. The highest BCUT2D eigenvalue weighted by Gasteiger charge is 2.35. The highest BCUT2D eigenvalue weighted by molar-refractivity contribution is 4.90. The summed E-state index contributed by atoms with van der Waals surface area (Å²) < 4.78 is 5.57. The zero-order valence-electron chi connectivity index (χ0n) is 10.1. The molecule has 0 aromatic rings. The monoisotopic (exact) mass is 212 g/mol. The van der Waals surface area contributed by atoms with Crippen LogP contribution in [-0.2, 0) is 4.74 Å². The smallest absolute Gasteiger partial charge is 0.0645 e. The maximum Gasteiger partial charge on any atom is 0.0645 e. The molecule has 0 aromatic carbocycles. The number of ether oxygens (including phenoxy) is 1. The minimum Gasteiger partial charge on any atom is -0.378 e. The molecular weight excluding hydrogens is 188 g/mol. The van der Waals surface area contributed by atoms with Crippen LogP contribution in [0.1, 0.15) is 33.1 Å². The fourth-order valence-corrected chi connectivity index (χ4v) is 2.81. The average Bonchev–Trinajstić information content (AvgIpc) is 2.45. The van der Waals surface area contributed by atoms with Crippen molar-refractivity contribution in [1.29, 1.82) is 0 Å². The van der Waals surface area contributed by atoms with Crippen LogP contribution >= 0.6 is 0 Å². The second-order valence-electron chi connectivity index (χ2n) is 5.41. The van der Waals surface area contributed by atoms with E-state index in [1.165, 1.54) is 25.8 Å². The van der Waals surface area contributed by atoms with Crippen molar-refractivity contribution in [2.24, 2.45) is 0 Å². The number of morpholine rings is 1. The molecule has 15 heavy (non-hydrogen) atoms. The van der Waals surface area contributed by atoms with Crippen molar-refractivity contribution < 1.29 is 4.74 Å². The summed E-state index contributed by atoms with van der Waals surface area (Å²) >= 11 is 0. The van der Waals surface area contributed by atoms with Gasteiger partial charge in [-0.2, -0.15) is 0 Å². The van der Waals surface area contributed by atoms with Crippen LogP contribution in [0.3, 0.4) is 0 Å². The molecule has 0 bridgehead atoms. The Balaban J connectivity index is 1.99. The maximum absolute atomic E-state index is 5.57. The molecule has 3 nitrogen and oxygen atoms in total. The summed E-state index contributed by atoms with van der Waals surface area (Å²) in [5.41, 5.74) is 0.217. The van der Waals surface area contributed by atoms with Crippen LogP contribution in [0.15, 0.2) is 0 Å². The zero-order valence-corrected chi connectivity index (χ0v) is 10.1. The van der Waals surface area contributed by atoms with Gasteiger partial charge in [-0.05, 0) is 33.2 Å². The normalized spacial score (nSPS) is 33.6. The molecule has 2 heterocycles. The van der Waals surface area contributed by atoms with Crippen LogP contribution in [0.25, 0.3) is 0 Å². The largest absolute Gasteiger partial charge is 0.378 e. The summed E-state index contributed by atoms with van der Waals surface area (Å²) in [7, 11) is 0. The van der Waals surface area contributed by atoms with Crippen molar-refractivity contribution in [3.8, 4) is 0 Å². The molecule has 0 spiro atoms. The van der Waals surface area contributed by atoms with Crippen molar-refractivity contribution in [2.45, 2.75) is 44.7 Å². The van der Waals surface area contributed by atoms with Gasteiger partial charge in [-0.1, -0.05) is 6.42 Å². The molecule has 2 saturated heterocycles. The van der Waals surface area contributed by atoms with Crippen molar-refractivity contribution in [1.82, 2.24) is 10.2 Å². The Morgan fingerprint density at radius 2 is 2.20 bits per heavy atom. The molecule has 88 valence electrons. The highest BCUT2D eigenvalue weighted by atomic mass is 16.5. The third-order valence-corrected chi connectivity index (χ3v) is 3.67. The average molecular weight is 212 g/mol.